The first-order valence-corrected chi connectivity index (χ1v) is 13.5. The van der Waals surface area contributed by atoms with Crippen LogP contribution in [0.25, 0.3) is 0 Å². The van der Waals surface area contributed by atoms with Crippen LogP contribution in [0, 0.1) is 6.92 Å². The van der Waals surface area contributed by atoms with Crippen LogP contribution < -0.4 is 0 Å². The van der Waals surface area contributed by atoms with Crippen LogP contribution in [0.15, 0.2) is 59.5 Å². The fourth-order valence-electron chi connectivity index (χ4n) is 3.53. The van der Waals surface area contributed by atoms with E-state index in [1.54, 1.807) is 16.4 Å². The molecule has 0 amide bonds. The second-order valence-corrected chi connectivity index (χ2v) is 11.7. The molecule has 0 radical (unpaired) electrons. The van der Waals surface area contributed by atoms with Gasteiger partial charge in [0.2, 0.25) is 10.0 Å². The van der Waals surface area contributed by atoms with E-state index in [1.807, 2.05) is 49.4 Å². The predicted molar refractivity (Wildman–Crippen MR) is 131 cm³/mol. The second kappa shape index (κ2) is 13.3. The van der Waals surface area contributed by atoms with Crippen LogP contribution in [0.1, 0.15) is 69.4 Å². The molecule has 2 rings (SSSR count). The summed E-state index contributed by atoms with van der Waals surface area (Å²) in [6, 6.07) is 17.0. The van der Waals surface area contributed by atoms with Crippen molar-refractivity contribution in [2.45, 2.75) is 81.5 Å². The van der Waals surface area contributed by atoms with Gasteiger partial charge in [0.25, 0.3) is 0 Å². The number of nitrogens with zero attached hydrogens (tertiary/aromatic N) is 1. The van der Waals surface area contributed by atoms with E-state index in [4.69, 9.17) is 0 Å². The highest BCUT2D eigenvalue weighted by Crippen LogP contribution is 2.20. The lowest BCUT2D eigenvalue weighted by Gasteiger charge is -2.22. The minimum atomic E-state index is -3.50. The molecule has 1 unspecified atom stereocenters. The summed E-state index contributed by atoms with van der Waals surface area (Å²) in [5, 5.41) is 0. The molecule has 3 nitrogen and oxygen atoms in total. The monoisotopic (exact) mass is 493 g/mol. The number of rotatable bonds is 14. The molecular weight excluding hydrogens is 458 g/mol. The van der Waals surface area contributed by atoms with Gasteiger partial charge in [-0.15, -0.1) is 0 Å². The van der Waals surface area contributed by atoms with E-state index in [9.17, 15) is 8.42 Å². The van der Waals surface area contributed by atoms with Crippen LogP contribution >= 0.6 is 15.9 Å². The molecule has 0 saturated heterocycles. The molecule has 0 fully saturated rings. The van der Waals surface area contributed by atoms with E-state index >= 15 is 0 Å². The Bertz CT molecular complexity index is 820. The van der Waals surface area contributed by atoms with Crippen molar-refractivity contribution in [3.63, 3.8) is 0 Å². The Kier molecular flexibility index (Phi) is 11.1. The SMILES string of the molecule is Cc1ccc(S(=O)(=O)N(CCCCCCCCCC(C)Br)Cc2ccccc2)cc1. The second-order valence-electron chi connectivity index (χ2n) is 8.18. The van der Waals surface area contributed by atoms with E-state index in [0.29, 0.717) is 22.8 Å². The maximum Gasteiger partial charge on any atom is 0.243 e. The van der Waals surface area contributed by atoms with Crippen molar-refractivity contribution < 1.29 is 8.42 Å². The van der Waals surface area contributed by atoms with Gasteiger partial charge in [-0.3, -0.25) is 0 Å². The van der Waals surface area contributed by atoms with E-state index in [1.165, 1.54) is 38.5 Å². The summed E-state index contributed by atoms with van der Waals surface area (Å²) >= 11 is 3.60. The Morgan fingerprint density at radius 2 is 1.40 bits per heavy atom. The van der Waals surface area contributed by atoms with Gasteiger partial charge >= 0.3 is 0 Å². The Morgan fingerprint density at radius 3 is 2.00 bits per heavy atom. The van der Waals surface area contributed by atoms with Crippen LogP contribution in [-0.4, -0.2) is 24.1 Å². The zero-order chi connectivity index (χ0) is 21.8. The van der Waals surface area contributed by atoms with E-state index in [-0.39, 0.29) is 0 Å². The van der Waals surface area contributed by atoms with Crippen LogP contribution in [0.4, 0.5) is 0 Å². The highest BCUT2D eigenvalue weighted by atomic mass is 79.9. The third-order valence-electron chi connectivity index (χ3n) is 5.37. The predicted octanol–water partition coefficient (Wildman–Crippen LogP) is 7.09. The summed E-state index contributed by atoms with van der Waals surface area (Å²) in [6.45, 7) is 5.15. The number of alkyl halides is 1. The first kappa shape index (κ1) is 25.1. The molecule has 0 spiro atoms. The van der Waals surface area contributed by atoms with Gasteiger partial charge in [0.15, 0.2) is 0 Å². The van der Waals surface area contributed by atoms with Gasteiger partial charge in [-0.2, -0.15) is 4.31 Å². The molecule has 0 aromatic heterocycles. The number of hydrogen-bond donors (Lipinski definition) is 0. The van der Waals surface area contributed by atoms with Crippen molar-refractivity contribution in [2.75, 3.05) is 6.54 Å². The maximum atomic E-state index is 13.3. The summed E-state index contributed by atoms with van der Waals surface area (Å²) in [6.07, 6.45) is 9.47. The summed E-state index contributed by atoms with van der Waals surface area (Å²) in [5.41, 5.74) is 2.09. The molecule has 166 valence electrons. The number of hydrogen-bond acceptors (Lipinski definition) is 2. The standard InChI is InChI=1S/C25H36BrNO2S/c1-22-16-18-25(19-17-22)30(28,29)27(21-24-14-10-8-11-15-24)20-12-7-5-3-4-6-9-13-23(2)26/h8,10-11,14-19,23H,3-7,9,12-13,20-21H2,1-2H3. The van der Waals surface area contributed by atoms with Crippen molar-refractivity contribution in [1.29, 1.82) is 0 Å². The lowest BCUT2D eigenvalue weighted by Crippen LogP contribution is -2.31. The molecule has 30 heavy (non-hydrogen) atoms. The van der Waals surface area contributed by atoms with Crippen molar-refractivity contribution >= 4 is 26.0 Å². The summed E-state index contributed by atoms with van der Waals surface area (Å²) < 4.78 is 28.2. The first-order valence-electron chi connectivity index (χ1n) is 11.1. The third-order valence-corrected chi connectivity index (χ3v) is 7.69. The van der Waals surface area contributed by atoms with Gasteiger partial charge in [-0.25, -0.2) is 8.42 Å². The summed E-state index contributed by atoms with van der Waals surface area (Å²) in [4.78, 5) is 0.994. The summed E-state index contributed by atoms with van der Waals surface area (Å²) in [7, 11) is -3.50. The van der Waals surface area contributed by atoms with Crippen molar-refractivity contribution in [2.24, 2.45) is 0 Å². The Balaban J connectivity index is 1.89. The highest BCUT2D eigenvalue weighted by Gasteiger charge is 2.24. The van der Waals surface area contributed by atoms with Crippen molar-refractivity contribution in [3.05, 3.63) is 65.7 Å². The molecule has 0 N–H and O–H groups in total. The van der Waals surface area contributed by atoms with Gasteiger partial charge in [-0.1, -0.05) is 109 Å². The normalized spacial score (nSPS) is 12.9. The van der Waals surface area contributed by atoms with Crippen LogP contribution in [0.5, 0.6) is 0 Å². The third kappa shape index (κ3) is 8.91. The minimum Gasteiger partial charge on any atom is -0.207 e. The fraction of sp³-hybridized carbons (Fsp3) is 0.520. The van der Waals surface area contributed by atoms with Crippen molar-refractivity contribution in [1.82, 2.24) is 4.31 Å². The molecule has 0 aliphatic carbocycles. The molecule has 0 saturated carbocycles. The van der Waals surface area contributed by atoms with Gasteiger partial charge in [-0.05, 0) is 37.5 Å². The molecule has 0 bridgehead atoms. The first-order chi connectivity index (χ1) is 14.4. The smallest absolute Gasteiger partial charge is 0.207 e. The van der Waals surface area contributed by atoms with E-state index < -0.39 is 10.0 Å². The lowest BCUT2D eigenvalue weighted by molar-refractivity contribution is 0.391. The van der Waals surface area contributed by atoms with Crippen LogP contribution in [0.3, 0.4) is 0 Å². The average molecular weight is 495 g/mol. The van der Waals surface area contributed by atoms with E-state index in [2.05, 4.69) is 22.9 Å². The van der Waals surface area contributed by atoms with Gasteiger partial charge in [0, 0.05) is 17.9 Å². The van der Waals surface area contributed by atoms with Gasteiger partial charge < -0.3 is 0 Å². The van der Waals surface area contributed by atoms with Crippen LogP contribution in [-0.2, 0) is 16.6 Å². The highest BCUT2D eigenvalue weighted by molar-refractivity contribution is 9.09. The Morgan fingerprint density at radius 1 is 0.833 bits per heavy atom. The largest absolute Gasteiger partial charge is 0.243 e. The molecule has 0 aliphatic rings. The molecule has 2 aromatic rings. The van der Waals surface area contributed by atoms with Gasteiger partial charge in [0.05, 0.1) is 4.90 Å². The number of unbranched alkanes of at least 4 members (excludes halogenated alkanes) is 6. The number of halogens is 1. The van der Waals surface area contributed by atoms with Crippen molar-refractivity contribution in [3.8, 4) is 0 Å². The lowest BCUT2D eigenvalue weighted by atomic mass is 10.1. The molecule has 1 atom stereocenters. The molecular formula is C25H36BrNO2S. The molecule has 2 aromatic carbocycles. The number of sulfonamides is 1. The quantitative estimate of drug-likeness (QED) is 0.208. The van der Waals surface area contributed by atoms with E-state index in [0.717, 1.165) is 24.0 Å². The molecule has 5 heteroatoms. The number of aryl methyl sites for hydroxylation is 1. The molecule has 0 aliphatic heterocycles. The molecule has 0 heterocycles. The average Bonchev–Trinajstić information content (AvgIpc) is 2.72. The topological polar surface area (TPSA) is 37.4 Å². The number of benzene rings is 2. The Labute approximate surface area is 192 Å². The zero-order valence-corrected chi connectivity index (χ0v) is 20.8. The van der Waals surface area contributed by atoms with Gasteiger partial charge in [0.1, 0.15) is 0 Å². The zero-order valence-electron chi connectivity index (χ0n) is 18.4. The van der Waals surface area contributed by atoms with Crippen LogP contribution in [0.2, 0.25) is 0 Å². The fourth-order valence-corrected chi connectivity index (χ4v) is 5.32. The summed E-state index contributed by atoms with van der Waals surface area (Å²) in [5.74, 6) is 0. The maximum absolute atomic E-state index is 13.3. The Hall–Kier alpha value is -1.17. The minimum absolute atomic E-state index is 0.380.